The van der Waals surface area contributed by atoms with E-state index < -0.39 is 23.6 Å². The van der Waals surface area contributed by atoms with Gasteiger partial charge in [0.15, 0.2) is 0 Å². The molecular weight excluding hydrogens is 261 g/mol. The quantitative estimate of drug-likeness (QED) is 0.863. The van der Waals surface area contributed by atoms with Crippen molar-refractivity contribution in [3.05, 3.63) is 29.8 Å². The number of aliphatic carboxylic acids is 1. The highest BCUT2D eigenvalue weighted by molar-refractivity contribution is 5.70. The molecule has 6 heteroatoms. The van der Waals surface area contributed by atoms with Crippen LogP contribution in [0.2, 0.25) is 0 Å². The highest BCUT2D eigenvalue weighted by Gasteiger charge is 2.34. The van der Waals surface area contributed by atoms with Crippen LogP contribution >= 0.6 is 0 Å². The Morgan fingerprint density at radius 3 is 2.53 bits per heavy atom. The lowest BCUT2D eigenvalue weighted by atomic mass is 10.1. The van der Waals surface area contributed by atoms with Gasteiger partial charge in [-0.05, 0) is 18.6 Å². The van der Waals surface area contributed by atoms with Crippen LogP contribution in [-0.4, -0.2) is 17.7 Å². The summed E-state index contributed by atoms with van der Waals surface area (Å²) in [6, 6.07) is 4.77. The molecule has 0 aliphatic rings. The molecule has 1 atom stereocenters. The lowest BCUT2D eigenvalue weighted by Crippen LogP contribution is -2.22. The highest BCUT2D eigenvalue weighted by Crippen LogP contribution is 2.36. The van der Waals surface area contributed by atoms with Crippen molar-refractivity contribution >= 4 is 5.97 Å². The summed E-state index contributed by atoms with van der Waals surface area (Å²) in [4.78, 5) is 10.9. The third kappa shape index (κ3) is 4.46. The topological polar surface area (TPSA) is 46.5 Å². The molecule has 1 unspecified atom stereocenters. The van der Waals surface area contributed by atoms with E-state index in [0.717, 1.165) is 6.07 Å². The Bertz CT molecular complexity index is 429. The molecule has 0 radical (unpaired) electrons. The molecule has 0 aliphatic carbocycles. The number of hydrogen-bond donors (Lipinski definition) is 1. The van der Waals surface area contributed by atoms with E-state index >= 15 is 0 Å². The molecule has 0 aromatic heterocycles. The minimum absolute atomic E-state index is 0.268. The molecule has 0 heterocycles. The summed E-state index contributed by atoms with van der Waals surface area (Å²) < 4.78 is 43.1. The summed E-state index contributed by atoms with van der Waals surface area (Å²) in [5.41, 5.74) is -0.893. The molecule has 1 aromatic carbocycles. The van der Waals surface area contributed by atoms with Gasteiger partial charge in [-0.3, -0.25) is 4.79 Å². The molecule has 0 saturated carbocycles. The molecule has 19 heavy (non-hydrogen) atoms. The van der Waals surface area contributed by atoms with Crippen LogP contribution in [0, 0.1) is 5.92 Å². The van der Waals surface area contributed by atoms with Crippen molar-refractivity contribution in [2.24, 2.45) is 5.92 Å². The number of ether oxygens (including phenoxy) is 1. The summed E-state index contributed by atoms with van der Waals surface area (Å²) in [7, 11) is 0. The Kier molecular flexibility index (Phi) is 5.20. The summed E-state index contributed by atoms with van der Waals surface area (Å²) in [6.45, 7) is 1.54. The number of carboxylic acid groups (broad SMARTS) is 1. The van der Waals surface area contributed by atoms with Gasteiger partial charge in [0.25, 0.3) is 0 Å². The zero-order chi connectivity index (χ0) is 14.5. The highest BCUT2D eigenvalue weighted by atomic mass is 19.4. The first-order chi connectivity index (χ1) is 8.86. The zero-order valence-electron chi connectivity index (χ0n) is 10.4. The fraction of sp³-hybridized carbons (Fsp3) is 0.462. The Balaban J connectivity index is 2.80. The average molecular weight is 276 g/mol. The van der Waals surface area contributed by atoms with Crippen LogP contribution in [0.5, 0.6) is 5.75 Å². The standard InChI is InChI=1S/C13H15F3O3/c1-2-5-9(12(17)18)8-19-11-7-4-3-6-10(11)13(14,15)16/h3-4,6-7,9H,2,5,8H2,1H3,(H,17,18). The van der Waals surface area contributed by atoms with E-state index in [4.69, 9.17) is 9.84 Å². The van der Waals surface area contributed by atoms with Gasteiger partial charge in [0.1, 0.15) is 12.4 Å². The van der Waals surface area contributed by atoms with Gasteiger partial charge >= 0.3 is 12.1 Å². The van der Waals surface area contributed by atoms with Crippen LogP contribution in [-0.2, 0) is 11.0 Å². The van der Waals surface area contributed by atoms with E-state index in [0.29, 0.717) is 12.8 Å². The second kappa shape index (κ2) is 6.45. The minimum atomic E-state index is -4.51. The third-order valence-corrected chi connectivity index (χ3v) is 2.62. The van der Waals surface area contributed by atoms with Crippen molar-refractivity contribution in [2.75, 3.05) is 6.61 Å². The van der Waals surface area contributed by atoms with E-state index in [9.17, 15) is 18.0 Å². The molecular formula is C13H15F3O3. The number of carboxylic acids is 1. The summed E-state index contributed by atoms with van der Waals surface area (Å²) in [6.07, 6.45) is -3.52. The van der Waals surface area contributed by atoms with E-state index in [1.807, 2.05) is 0 Å². The summed E-state index contributed by atoms with van der Waals surface area (Å²) in [5, 5.41) is 8.91. The molecule has 0 aliphatic heterocycles. The van der Waals surface area contributed by atoms with E-state index in [-0.39, 0.29) is 12.4 Å². The molecule has 0 bridgehead atoms. The minimum Gasteiger partial charge on any atom is -0.492 e. The number of carbonyl (C=O) groups is 1. The van der Waals surface area contributed by atoms with Crippen LogP contribution in [0.15, 0.2) is 24.3 Å². The van der Waals surface area contributed by atoms with Gasteiger partial charge in [0.2, 0.25) is 0 Å². The van der Waals surface area contributed by atoms with E-state index in [2.05, 4.69) is 0 Å². The second-order valence-corrected chi connectivity index (χ2v) is 4.13. The van der Waals surface area contributed by atoms with Gasteiger partial charge in [-0.25, -0.2) is 0 Å². The van der Waals surface area contributed by atoms with Crippen molar-refractivity contribution in [3.63, 3.8) is 0 Å². The molecule has 106 valence electrons. The third-order valence-electron chi connectivity index (χ3n) is 2.62. The van der Waals surface area contributed by atoms with E-state index in [1.165, 1.54) is 18.2 Å². The Hall–Kier alpha value is -1.72. The first-order valence-electron chi connectivity index (χ1n) is 5.88. The van der Waals surface area contributed by atoms with Crippen molar-refractivity contribution < 1.29 is 27.8 Å². The van der Waals surface area contributed by atoms with E-state index in [1.54, 1.807) is 6.92 Å². The fourth-order valence-corrected chi connectivity index (χ4v) is 1.64. The van der Waals surface area contributed by atoms with Crippen LogP contribution in [0.25, 0.3) is 0 Å². The number of halogens is 3. The van der Waals surface area contributed by atoms with Crippen molar-refractivity contribution in [1.29, 1.82) is 0 Å². The van der Waals surface area contributed by atoms with Crippen LogP contribution in [0.1, 0.15) is 25.3 Å². The Labute approximate surface area is 109 Å². The van der Waals surface area contributed by atoms with Gasteiger partial charge in [0.05, 0.1) is 11.5 Å². The fourth-order valence-electron chi connectivity index (χ4n) is 1.64. The number of para-hydroxylation sites is 1. The van der Waals surface area contributed by atoms with Gasteiger partial charge in [-0.1, -0.05) is 25.5 Å². The SMILES string of the molecule is CCCC(COc1ccccc1C(F)(F)F)C(=O)O. The number of hydrogen-bond acceptors (Lipinski definition) is 2. The molecule has 0 saturated heterocycles. The predicted molar refractivity (Wildman–Crippen MR) is 63.0 cm³/mol. The zero-order valence-corrected chi connectivity index (χ0v) is 10.4. The maximum absolute atomic E-state index is 12.7. The van der Waals surface area contributed by atoms with Crippen molar-refractivity contribution in [3.8, 4) is 5.75 Å². The van der Waals surface area contributed by atoms with Crippen molar-refractivity contribution in [2.45, 2.75) is 25.9 Å². The maximum Gasteiger partial charge on any atom is 0.419 e. The lowest BCUT2D eigenvalue weighted by Gasteiger charge is -2.16. The molecule has 0 spiro atoms. The largest absolute Gasteiger partial charge is 0.492 e. The maximum atomic E-state index is 12.7. The lowest BCUT2D eigenvalue weighted by molar-refractivity contribution is -0.143. The normalized spacial score (nSPS) is 13.1. The molecule has 0 amide bonds. The average Bonchev–Trinajstić information content (AvgIpc) is 2.33. The Morgan fingerprint density at radius 2 is 2.00 bits per heavy atom. The molecule has 3 nitrogen and oxygen atoms in total. The number of benzene rings is 1. The monoisotopic (exact) mass is 276 g/mol. The molecule has 0 fully saturated rings. The molecule has 1 aromatic rings. The van der Waals surface area contributed by atoms with Crippen molar-refractivity contribution in [1.82, 2.24) is 0 Å². The van der Waals surface area contributed by atoms with Crippen LogP contribution < -0.4 is 4.74 Å². The Morgan fingerprint density at radius 1 is 1.37 bits per heavy atom. The molecule has 1 N–H and O–H groups in total. The molecule has 1 rings (SSSR count). The van der Waals surface area contributed by atoms with Gasteiger partial charge < -0.3 is 9.84 Å². The second-order valence-electron chi connectivity index (χ2n) is 4.13. The summed E-state index contributed by atoms with van der Waals surface area (Å²) in [5.74, 6) is -2.20. The van der Waals surface area contributed by atoms with Gasteiger partial charge in [-0.2, -0.15) is 13.2 Å². The first kappa shape index (κ1) is 15.3. The summed E-state index contributed by atoms with van der Waals surface area (Å²) >= 11 is 0. The van der Waals surface area contributed by atoms with Crippen LogP contribution in [0.3, 0.4) is 0 Å². The van der Waals surface area contributed by atoms with Crippen LogP contribution in [0.4, 0.5) is 13.2 Å². The number of alkyl halides is 3. The first-order valence-corrected chi connectivity index (χ1v) is 5.88. The predicted octanol–water partition coefficient (Wildman–Crippen LogP) is 3.59. The van der Waals surface area contributed by atoms with Gasteiger partial charge in [0, 0.05) is 0 Å². The number of rotatable bonds is 6. The van der Waals surface area contributed by atoms with Gasteiger partial charge in [-0.15, -0.1) is 0 Å². The smallest absolute Gasteiger partial charge is 0.419 e.